The molecule has 1 heterocycles. The number of fused-ring (bicyclic) bond motifs is 1. The Morgan fingerprint density at radius 3 is 2.64 bits per heavy atom. The third-order valence-corrected chi connectivity index (χ3v) is 5.41. The molecule has 0 bridgehead atoms. The lowest BCUT2D eigenvalue weighted by atomic mass is 9.98. The van der Waals surface area contributed by atoms with Gasteiger partial charge in [0, 0.05) is 6.54 Å². The molecule has 2 atom stereocenters. The zero-order valence-corrected chi connectivity index (χ0v) is 16.8. The van der Waals surface area contributed by atoms with Gasteiger partial charge in [0.1, 0.15) is 6.04 Å². The number of carbonyl (C=O) groups is 2. The van der Waals surface area contributed by atoms with Gasteiger partial charge in [0.15, 0.2) is 0 Å². The van der Waals surface area contributed by atoms with Crippen molar-refractivity contribution in [3.8, 4) is 0 Å². The Bertz CT molecular complexity index is 812. The van der Waals surface area contributed by atoms with Gasteiger partial charge in [0.2, 0.25) is 11.8 Å². The molecule has 150 valence electrons. The van der Waals surface area contributed by atoms with E-state index in [9.17, 15) is 9.59 Å². The van der Waals surface area contributed by atoms with Gasteiger partial charge in [-0.3, -0.25) is 9.59 Å². The highest BCUT2D eigenvalue weighted by Crippen LogP contribution is 2.16. The zero-order valence-electron chi connectivity index (χ0n) is 16.8. The monoisotopic (exact) mass is 381 g/mol. The van der Waals surface area contributed by atoms with Crippen molar-refractivity contribution in [3.05, 3.63) is 48.0 Å². The Kier molecular flexibility index (Phi) is 7.04. The van der Waals surface area contributed by atoms with Crippen LogP contribution in [0, 0.1) is 11.8 Å². The average molecular weight is 382 g/mol. The molecule has 0 saturated carbocycles. The van der Waals surface area contributed by atoms with Crippen LogP contribution in [0.25, 0.3) is 10.8 Å². The molecule has 1 aliphatic rings. The molecule has 3 rings (SSSR count). The standard InChI is InChI=1S/C23H31N3O2/c1-16(2)22(23(28)25-15-18-6-5-11-24-14-18)26-21(27)13-17-9-10-19-7-3-4-8-20(19)12-17/h3-4,7-10,12,16,18,22,24H,5-6,11,13-15H2,1-2H3,(H,25,28)(H,26,27)/t18-,22-/m1/s1. The first-order chi connectivity index (χ1) is 13.5. The van der Waals surface area contributed by atoms with Crippen LogP contribution in [0.5, 0.6) is 0 Å². The van der Waals surface area contributed by atoms with E-state index in [-0.39, 0.29) is 24.2 Å². The van der Waals surface area contributed by atoms with Gasteiger partial charge < -0.3 is 16.0 Å². The van der Waals surface area contributed by atoms with Gasteiger partial charge in [-0.25, -0.2) is 0 Å². The predicted octanol–water partition coefficient (Wildman–Crippen LogP) is 2.64. The summed E-state index contributed by atoms with van der Waals surface area (Å²) in [6.07, 6.45) is 2.55. The van der Waals surface area contributed by atoms with Crippen molar-refractivity contribution in [1.29, 1.82) is 0 Å². The summed E-state index contributed by atoms with van der Waals surface area (Å²) in [7, 11) is 0. The average Bonchev–Trinajstić information content (AvgIpc) is 2.70. The second-order valence-corrected chi connectivity index (χ2v) is 8.11. The van der Waals surface area contributed by atoms with Crippen LogP contribution in [-0.4, -0.2) is 37.5 Å². The summed E-state index contributed by atoms with van der Waals surface area (Å²) in [5, 5.41) is 11.6. The van der Waals surface area contributed by atoms with E-state index in [2.05, 4.69) is 22.0 Å². The van der Waals surface area contributed by atoms with Gasteiger partial charge in [0.05, 0.1) is 6.42 Å². The highest BCUT2D eigenvalue weighted by atomic mass is 16.2. The molecular formula is C23H31N3O2. The van der Waals surface area contributed by atoms with Crippen LogP contribution in [0.15, 0.2) is 42.5 Å². The fourth-order valence-corrected chi connectivity index (χ4v) is 3.75. The second-order valence-electron chi connectivity index (χ2n) is 8.11. The molecule has 5 nitrogen and oxygen atoms in total. The van der Waals surface area contributed by atoms with E-state index in [1.165, 1.54) is 0 Å². The van der Waals surface area contributed by atoms with Crippen LogP contribution in [0.4, 0.5) is 0 Å². The summed E-state index contributed by atoms with van der Waals surface area (Å²) in [6.45, 7) is 6.59. The molecule has 0 radical (unpaired) electrons. The maximum atomic E-state index is 12.6. The van der Waals surface area contributed by atoms with Crippen molar-refractivity contribution in [2.75, 3.05) is 19.6 Å². The van der Waals surface area contributed by atoms with Crippen molar-refractivity contribution in [2.45, 2.75) is 39.2 Å². The van der Waals surface area contributed by atoms with Gasteiger partial charge in [-0.05, 0) is 54.1 Å². The lowest BCUT2D eigenvalue weighted by Crippen LogP contribution is -2.51. The molecule has 1 fully saturated rings. The highest BCUT2D eigenvalue weighted by Gasteiger charge is 2.25. The quantitative estimate of drug-likeness (QED) is 0.691. The summed E-state index contributed by atoms with van der Waals surface area (Å²) in [5.74, 6) is 0.291. The van der Waals surface area contributed by atoms with Crippen LogP contribution in [0.1, 0.15) is 32.3 Å². The number of carbonyl (C=O) groups excluding carboxylic acids is 2. The minimum Gasteiger partial charge on any atom is -0.354 e. The van der Waals surface area contributed by atoms with E-state index in [0.29, 0.717) is 12.5 Å². The lowest BCUT2D eigenvalue weighted by Gasteiger charge is -2.26. The van der Waals surface area contributed by atoms with Crippen molar-refractivity contribution < 1.29 is 9.59 Å². The Labute approximate surface area is 167 Å². The molecule has 1 aliphatic heterocycles. The Balaban J connectivity index is 1.55. The van der Waals surface area contributed by atoms with Crippen molar-refractivity contribution in [3.63, 3.8) is 0 Å². The van der Waals surface area contributed by atoms with Crippen molar-refractivity contribution in [1.82, 2.24) is 16.0 Å². The topological polar surface area (TPSA) is 70.2 Å². The second kappa shape index (κ2) is 9.69. The van der Waals surface area contributed by atoms with Crippen LogP contribution in [0.3, 0.4) is 0 Å². The third kappa shape index (κ3) is 5.55. The molecule has 28 heavy (non-hydrogen) atoms. The first-order valence-electron chi connectivity index (χ1n) is 10.3. The Morgan fingerprint density at radius 2 is 1.93 bits per heavy atom. The molecular weight excluding hydrogens is 350 g/mol. The number of nitrogens with one attached hydrogen (secondary N) is 3. The maximum absolute atomic E-state index is 12.6. The number of hydrogen-bond donors (Lipinski definition) is 3. The summed E-state index contributed by atoms with van der Waals surface area (Å²) in [4.78, 5) is 25.2. The van der Waals surface area contributed by atoms with E-state index >= 15 is 0 Å². The number of hydrogen-bond acceptors (Lipinski definition) is 3. The summed E-state index contributed by atoms with van der Waals surface area (Å²) in [5.41, 5.74) is 0.951. The Morgan fingerprint density at radius 1 is 1.14 bits per heavy atom. The normalized spacial score (nSPS) is 18.0. The maximum Gasteiger partial charge on any atom is 0.242 e. The van der Waals surface area contributed by atoms with Crippen molar-refractivity contribution >= 4 is 22.6 Å². The van der Waals surface area contributed by atoms with E-state index in [1.807, 2.05) is 50.2 Å². The van der Waals surface area contributed by atoms with E-state index in [4.69, 9.17) is 0 Å². The SMILES string of the molecule is CC(C)[C@@H](NC(=O)Cc1ccc2ccccc2c1)C(=O)NC[C@@H]1CCCNC1. The van der Waals surface area contributed by atoms with Crippen LogP contribution >= 0.6 is 0 Å². The summed E-state index contributed by atoms with van der Waals surface area (Å²) < 4.78 is 0. The first kappa shape index (κ1) is 20.3. The number of benzene rings is 2. The van der Waals surface area contributed by atoms with E-state index in [1.54, 1.807) is 0 Å². The molecule has 0 unspecified atom stereocenters. The van der Waals surface area contributed by atoms with Gasteiger partial charge in [0.25, 0.3) is 0 Å². The minimum atomic E-state index is -0.510. The molecule has 0 aliphatic carbocycles. The van der Waals surface area contributed by atoms with E-state index in [0.717, 1.165) is 42.3 Å². The Hall–Kier alpha value is -2.40. The largest absolute Gasteiger partial charge is 0.354 e. The smallest absolute Gasteiger partial charge is 0.242 e. The van der Waals surface area contributed by atoms with Gasteiger partial charge >= 0.3 is 0 Å². The molecule has 1 saturated heterocycles. The summed E-state index contributed by atoms with van der Waals surface area (Å²) >= 11 is 0. The fraction of sp³-hybridized carbons (Fsp3) is 0.478. The molecule has 2 aromatic carbocycles. The van der Waals surface area contributed by atoms with Crippen LogP contribution in [-0.2, 0) is 16.0 Å². The van der Waals surface area contributed by atoms with E-state index < -0.39 is 6.04 Å². The summed E-state index contributed by atoms with van der Waals surface area (Å²) in [6, 6.07) is 13.6. The first-order valence-corrected chi connectivity index (χ1v) is 10.3. The predicted molar refractivity (Wildman–Crippen MR) is 113 cm³/mol. The third-order valence-electron chi connectivity index (χ3n) is 5.41. The highest BCUT2D eigenvalue weighted by molar-refractivity contribution is 5.89. The zero-order chi connectivity index (χ0) is 19.9. The molecule has 0 aromatic heterocycles. The fourth-order valence-electron chi connectivity index (χ4n) is 3.75. The van der Waals surface area contributed by atoms with Crippen LogP contribution in [0.2, 0.25) is 0 Å². The van der Waals surface area contributed by atoms with Gasteiger partial charge in [-0.2, -0.15) is 0 Å². The number of piperidine rings is 1. The molecule has 0 spiro atoms. The minimum absolute atomic E-state index is 0.0324. The molecule has 5 heteroatoms. The molecule has 3 N–H and O–H groups in total. The molecule has 2 aromatic rings. The van der Waals surface area contributed by atoms with Crippen molar-refractivity contribution in [2.24, 2.45) is 11.8 Å². The lowest BCUT2D eigenvalue weighted by molar-refractivity contribution is -0.129. The molecule has 2 amide bonds. The number of rotatable bonds is 7. The van der Waals surface area contributed by atoms with Gasteiger partial charge in [-0.15, -0.1) is 0 Å². The van der Waals surface area contributed by atoms with Gasteiger partial charge in [-0.1, -0.05) is 56.3 Å². The van der Waals surface area contributed by atoms with Crippen LogP contribution < -0.4 is 16.0 Å². The number of amides is 2.